The van der Waals surface area contributed by atoms with Crippen molar-refractivity contribution in [3.8, 4) is 5.75 Å². The second-order valence-electron chi connectivity index (χ2n) is 4.67. The van der Waals surface area contributed by atoms with Crippen LogP contribution in [-0.4, -0.2) is 19.4 Å². The van der Waals surface area contributed by atoms with Gasteiger partial charge in [0.05, 0.1) is 6.61 Å². The Morgan fingerprint density at radius 2 is 1.64 bits per heavy atom. The fourth-order valence-corrected chi connectivity index (χ4v) is 2.02. The molecule has 2 aromatic rings. The molecule has 0 aliphatic heterocycles. The first kappa shape index (κ1) is 16.0. The van der Waals surface area contributed by atoms with E-state index in [0.29, 0.717) is 25.4 Å². The molecular formula is C18H20O4. The fraction of sp³-hybridized carbons (Fsp3) is 0.278. The summed E-state index contributed by atoms with van der Waals surface area (Å²) in [5, 5.41) is 0. The summed E-state index contributed by atoms with van der Waals surface area (Å²) in [5.41, 5.74) is 0.923. The van der Waals surface area contributed by atoms with Crippen LogP contribution < -0.4 is 4.74 Å². The van der Waals surface area contributed by atoms with Gasteiger partial charge >= 0.3 is 6.16 Å². The highest BCUT2D eigenvalue weighted by Gasteiger charge is 2.18. The molecule has 0 aliphatic carbocycles. The molecule has 1 atom stereocenters. The molecule has 0 heterocycles. The van der Waals surface area contributed by atoms with E-state index in [0.717, 1.165) is 5.56 Å². The lowest BCUT2D eigenvalue weighted by Gasteiger charge is -2.18. The molecule has 0 saturated carbocycles. The molecule has 1 unspecified atom stereocenters. The predicted octanol–water partition coefficient (Wildman–Crippen LogP) is 4.37. The second-order valence-corrected chi connectivity index (χ2v) is 4.67. The molecule has 0 radical (unpaired) electrons. The summed E-state index contributed by atoms with van der Waals surface area (Å²) in [6.07, 6.45) is -0.512. The Balaban J connectivity index is 1.97. The average Bonchev–Trinajstić information content (AvgIpc) is 2.56. The van der Waals surface area contributed by atoms with Crippen LogP contribution in [0, 0.1) is 0 Å². The molecule has 0 fully saturated rings. The summed E-state index contributed by atoms with van der Waals surface area (Å²) in [4.78, 5) is 11.9. The van der Waals surface area contributed by atoms with Crippen LogP contribution in [0.4, 0.5) is 4.79 Å². The molecule has 2 aromatic carbocycles. The van der Waals surface area contributed by atoms with Crippen molar-refractivity contribution in [2.45, 2.75) is 19.4 Å². The first-order chi connectivity index (χ1) is 10.8. The van der Waals surface area contributed by atoms with Gasteiger partial charge in [0, 0.05) is 13.0 Å². The summed E-state index contributed by atoms with van der Waals surface area (Å²) in [6, 6.07) is 18.5. The zero-order chi connectivity index (χ0) is 15.6. The Labute approximate surface area is 130 Å². The maximum Gasteiger partial charge on any atom is 0.514 e. The van der Waals surface area contributed by atoms with Crippen LogP contribution in [0.15, 0.2) is 60.7 Å². The summed E-state index contributed by atoms with van der Waals surface area (Å²) in [6.45, 7) is 3.09. The topological polar surface area (TPSA) is 44.8 Å². The van der Waals surface area contributed by atoms with Gasteiger partial charge in [-0.3, -0.25) is 0 Å². The highest BCUT2D eigenvalue weighted by atomic mass is 16.7. The molecule has 0 amide bonds. The first-order valence-electron chi connectivity index (χ1n) is 7.35. The van der Waals surface area contributed by atoms with Gasteiger partial charge < -0.3 is 14.2 Å². The maximum atomic E-state index is 11.9. The van der Waals surface area contributed by atoms with E-state index in [9.17, 15) is 4.79 Å². The summed E-state index contributed by atoms with van der Waals surface area (Å²) in [7, 11) is 0. The number of para-hydroxylation sites is 1. The number of carbonyl (C=O) groups is 1. The van der Waals surface area contributed by atoms with Crippen molar-refractivity contribution in [3.63, 3.8) is 0 Å². The number of ether oxygens (including phenoxy) is 3. The first-order valence-corrected chi connectivity index (χ1v) is 7.35. The SMILES string of the molecule is CCOCCC(OC(=O)Oc1ccccc1)c1ccccc1. The maximum absolute atomic E-state index is 11.9. The van der Waals surface area contributed by atoms with Crippen molar-refractivity contribution in [1.82, 2.24) is 0 Å². The Hall–Kier alpha value is -2.33. The van der Waals surface area contributed by atoms with Crippen LogP contribution in [0.25, 0.3) is 0 Å². The zero-order valence-electron chi connectivity index (χ0n) is 12.6. The van der Waals surface area contributed by atoms with Crippen molar-refractivity contribution in [1.29, 1.82) is 0 Å². The molecule has 4 heteroatoms. The van der Waals surface area contributed by atoms with Gasteiger partial charge in [-0.1, -0.05) is 48.5 Å². The second kappa shape index (κ2) is 8.85. The van der Waals surface area contributed by atoms with Crippen molar-refractivity contribution >= 4 is 6.16 Å². The minimum absolute atomic E-state index is 0.385. The minimum Gasteiger partial charge on any atom is -0.426 e. The van der Waals surface area contributed by atoms with Crippen molar-refractivity contribution in [2.75, 3.05) is 13.2 Å². The van der Waals surface area contributed by atoms with Crippen LogP contribution in [-0.2, 0) is 9.47 Å². The van der Waals surface area contributed by atoms with E-state index in [2.05, 4.69) is 0 Å². The van der Waals surface area contributed by atoms with Crippen LogP contribution in [0.5, 0.6) is 5.75 Å². The standard InChI is InChI=1S/C18H20O4/c1-2-20-14-13-17(15-9-5-3-6-10-15)22-18(19)21-16-11-7-4-8-12-16/h3-12,17H,2,13-14H2,1H3. The van der Waals surface area contributed by atoms with Gasteiger partial charge in [-0.15, -0.1) is 0 Å². The van der Waals surface area contributed by atoms with Crippen molar-refractivity contribution in [2.24, 2.45) is 0 Å². The van der Waals surface area contributed by atoms with Gasteiger partial charge in [-0.25, -0.2) is 4.79 Å². The highest BCUT2D eigenvalue weighted by molar-refractivity contribution is 5.64. The molecule has 116 valence electrons. The third kappa shape index (κ3) is 5.22. The van der Waals surface area contributed by atoms with Crippen LogP contribution in [0.3, 0.4) is 0 Å². The van der Waals surface area contributed by atoms with E-state index in [4.69, 9.17) is 14.2 Å². The molecule has 4 nitrogen and oxygen atoms in total. The summed E-state index contributed by atoms with van der Waals surface area (Å²) in [5.74, 6) is 0.462. The molecule has 0 spiro atoms. The van der Waals surface area contributed by atoms with Crippen molar-refractivity contribution in [3.05, 3.63) is 66.2 Å². The summed E-state index contributed by atoms with van der Waals surface area (Å²) >= 11 is 0. The van der Waals surface area contributed by atoms with Gasteiger partial charge in [0.2, 0.25) is 0 Å². The van der Waals surface area contributed by atoms with Gasteiger partial charge in [0.15, 0.2) is 0 Å². The quantitative estimate of drug-likeness (QED) is 0.433. The lowest BCUT2D eigenvalue weighted by molar-refractivity contribution is 0.0355. The van der Waals surface area contributed by atoms with Gasteiger partial charge in [0.25, 0.3) is 0 Å². The molecule has 0 saturated heterocycles. The van der Waals surface area contributed by atoms with E-state index in [1.54, 1.807) is 24.3 Å². The zero-order valence-corrected chi connectivity index (χ0v) is 12.6. The lowest BCUT2D eigenvalue weighted by atomic mass is 10.1. The lowest BCUT2D eigenvalue weighted by Crippen LogP contribution is -2.17. The number of hydrogen-bond donors (Lipinski definition) is 0. The molecule has 2 rings (SSSR count). The van der Waals surface area contributed by atoms with E-state index in [1.807, 2.05) is 43.3 Å². The molecule has 0 aliphatic rings. The van der Waals surface area contributed by atoms with E-state index >= 15 is 0 Å². The Morgan fingerprint density at radius 1 is 1.00 bits per heavy atom. The van der Waals surface area contributed by atoms with E-state index in [-0.39, 0.29) is 6.10 Å². The largest absolute Gasteiger partial charge is 0.514 e. The minimum atomic E-state index is -0.712. The third-order valence-electron chi connectivity index (χ3n) is 3.08. The number of benzene rings is 2. The normalized spacial score (nSPS) is 11.7. The molecule has 0 N–H and O–H groups in total. The smallest absolute Gasteiger partial charge is 0.426 e. The van der Waals surface area contributed by atoms with Crippen LogP contribution in [0.1, 0.15) is 25.0 Å². The van der Waals surface area contributed by atoms with E-state index in [1.165, 1.54) is 0 Å². The summed E-state index contributed by atoms with van der Waals surface area (Å²) < 4.78 is 16.0. The highest BCUT2D eigenvalue weighted by Crippen LogP contribution is 2.22. The fourth-order valence-electron chi connectivity index (χ4n) is 2.02. The molecule has 0 aromatic heterocycles. The Morgan fingerprint density at radius 3 is 2.27 bits per heavy atom. The predicted molar refractivity (Wildman–Crippen MR) is 83.8 cm³/mol. The third-order valence-corrected chi connectivity index (χ3v) is 3.08. The number of carbonyl (C=O) groups excluding carboxylic acids is 1. The Kier molecular flexibility index (Phi) is 6.45. The number of hydrogen-bond acceptors (Lipinski definition) is 4. The molecular weight excluding hydrogens is 280 g/mol. The van der Waals surface area contributed by atoms with Crippen LogP contribution in [0.2, 0.25) is 0 Å². The van der Waals surface area contributed by atoms with Crippen molar-refractivity contribution < 1.29 is 19.0 Å². The van der Waals surface area contributed by atoms with Crippen LogP contribution >= 0.6 is 0 Å². The average molecular weight is 300 g/mol. The Bertz CT molecular complexity index is 554. The van der Waals surface area contributed by atoms with Gasteiger partial charge in [-0.2, -0.15) is 0 Å². The van der Waals surface area contributed by atoms with E-state index < -0.39 is 6.16 Å². The molecule has 22 heavy (non-hydrogen) atoms. The molecule has 0 bridgehead atoms. The number of rotatable bonds is 7. The van der Waals surface area contributed by atoms with Gasteiger partial charge in [0.1, 0.15) is 11.9 Å². The van der Waals surface area contributed by atoms with Gasteiger partial charge in [-0.05, 0) is 24.6 Å². The monoisotopic (exact) mass is 300 g/mol.